The van der Waals surface area contributed by atoms with E-state index in [9.17, 15) is 8.42 Å². The van der Waals surface area contributed by atoms with Crippen molar-refractivity contribution in [2.24, 2.45) is 0 Å². The molecular weight excluding hydrogens is 481 g/mol. The number of rotatable bonds is 7. The van der Waals surface area contributed by atoms with E-state index in [0.29, 0.717) is 23.6 Å². The predicted octanol–water partition coefficient (Wildman–Crippen LogP) is 5.13. The Morgan fingerprint density at radius 1 is 1.17 bits per heavy atom. The third-order valence-electron chi connectivity index (χ3n) is 6.02. The van der Waals surface area contributed by atoms with Crippen LogP contribution in [0.5, 0.6) is 0 Å². The summed E-state index contributed by atoms with van der Waals surface area (Å²) in [7, 11) is -3.84. The Morgan fingerprint density at radius 3 is 2.53 bits per heavy atom. The number of aromatic nitrogens is 5. The molecule has 36 heavy (non-hydrogen) atoms. The van der Waals surface area contributed by atoms with Crippen LogP contribution in [0.15, 0.2) is 36.7 Å². The van der Waals surface area contributed by atoms with Crippen LogP contribution >= 0.6 is 0 Å². The van der Waals surface area contributed by atoms with Crippen molar-refractivity contribution in [3.8, 4) is 5.69 Å². The predicted molar refractivity (Wildman–Crippen MR) is 138 cm³/mol. The average Bonchev–Trinajstić information content (AvgIpc) is 3.18. The summed E-state index contributed by atoms with van der Waals surface area (Å²) in [5.41, 5.74) is 1.75. The lowest BCUT2D eigenvalue weighted by atomic mass is 10.0. The van der Waals surface area contributed by atoms with Gasteiger partial charge in [0, 0.05) is 23.9 Å². The number of allylic oxidation sites excluding steroid dienone is 1. The van der Waals surface area contributed by atoms with Gasteiger partial charge < -0.3 is 4.74 Å². The lowest BCUT2D eigenvalue weighted by molar-refractivity contribution is 0.00141. The highest BCUT2D eigenvalue weighted by molar-refractivity contribution is 7.91. The fourth-order valence-corrected chi connectivity index (χ4v) is 5.49. The van der Waals surface area contributed by atoms with Crippen molar-refractivity contribution in [1.82, 2.24) is 24.7 Å². The van der Waals surface area contributed by atoms with Gasteiger partial charge in [-0.05, 0) is 45.7 Å². The van der Waals surface area contributed by atoms with E-state index in [4.69, 9.17) is 4.74 Å². The average molecular weight is 516 g/mol. The summed E-state index contributed by atoms with van der Waals surface area (Å²) in [6, 6.07) is 4.77. The zero-order chi connectivity index (χ0) is 25.3. The second-order valence-corrected chi connectivity index (χ2v) is 11.6. The fourth-order valence-electron chi connectivity index (χ4n) is 4.12. The highest BCUT2D eigenvalue weighted by Crippen LogP contribution is 2.32. The molecule has 194 valence electrons. The molecule has 0 spiro atoms. The van der Waals surface area contributed by atoms with Crippen LogP contribution in [0.3, 0.4) is 0 Å². The maximum Gasteiger partial charge on any atom is 0.163 e. The van der Waals surface area contributed by atoms with E-state index in [2.05, 4.69) is 20.2 Å². The van der Waals surface area contributed by atoms with Gasteiger partial charge in [-0.15, -0.1) is 10.2 Å². The van der Waals surface area contributed by atoms with Crippen molar-refractivity contribution in [1.29, 1.82) is 0 Å². The van der Waals surface area contributed by atoms with Crippen LogP contribution in [0.25, 0.3) is 11.8 Å². The maximum absolute atomic E-state index is 15.1. The fraction of sp³-hybridized carbons (Fsp3) is 0.462. The monoisotopic (exact) mass is 515 g/mol. The van der Waals surface area contributed by atoms with Crippen LogP contribution < -0.4 is 0 Å². The topological polar surface area (TPSA) is 99.9 Å². The van der Waals surface area contributed by atoms with Crippen LogP contribution in [0, 0.1) is 12.7 Å². The lowest BCUT2D eigenvalue weighted by Gasteiger charge is -2.25. The summed E-state index contributed by atoms with van der Waals surface area (Å²) in [4.78, 5) is 8.63. The standard InChI is InChI=1S/C25H30FN5O3S.CH4/c1-15(2)34-23(24-27-12-16(3)13-28-24)18(5)35(32,33)14-21-29-30-25-17(4)8-6-9-19-10-7-11-20(26)22(19)31(21)25;/h6-7,9-13,15,17-18,23H,8,14H2,1-5H3;1H4/b9-6-;/t17-,18+,23-;/m1./s1. The van der Waals surface area contributed by atoms with Gasteiger partial charge >= 0.3 is 0 Å². The third kappa shape index (κ3) is 5.54. The second kappa shape index (κ2) is 11.0. The third-order valence-corrected chi connectivity index (χ3v) is 8.06. The SMILES string of the molecule is C.Cc1cnc([C@H](OC(C)C)[C@H](C)S(=O)(=O)Cc2nnc3n2-c2c(F)cccc2/C=C\C[C@H]3C)nc1. The van der Waals surface area contributed by atoms with Crippen LogP contribution in [0.4, 0.5) is 4.39 Å². The summed E-state index contributed by atoms with van der Waals surface area (Å²) >= 11 is 0. The van der Waals surface area contributed by atoms with Crippen molar-refractivity contribution < 1.29 is 17.5 Å². The molecule has 0 N–H and O–H groups in total. The molecule has 0 unspecified atom stereocenters. The smallest absolute Gasteiger partial charge is 0.163 e. The van der Waals surface area contributed by atoms with Gasteiger partial charge in [-0.2, -0.15) is 0 Å². The summed E-state index contributed by atoms with van der Waals surface area (Å²) < 4.78 is 49.9. The van der Waals surface area contributed by atoms with Gasteiger partial charge in [-0.3, -0.25) is 4.57 Å². The van der Waals surface area contributed by atoms with E-state index in [1.54, 1.807) is 36.0 Å². The van der Waals surface area contributed by atoms with Gasteiger partial charge in [-0.1, -0.05) is 38.6 Å². The Bertz CT molecular complexity index is 1340. The Labute approximate surface area is 212 Å². The molecule has 0 radical (unpaired) electrons. The maximum atomic E-state index is 15.1. The number of aryl methyl sites for hydroxylation is 1. The number of benzene rings is 1. The van der Waals surface area contributed by atoms with Crippen LogP contribution in [0.2, 0.25) is 0 Å². The van der Waals surface area contributed by atoms with Gasteiger partial charge in [-0.25, -0.2) is 22.8 Å². The van der Waals surface area contributed by atoms with Gasteiger partial charge in [0.15, 0.2) is 21.5 Å². The molecule has 0 aliphatic carbocycles. The summed E-state index contributed by atoms with van der Waals surface area (Å²) in [6.45, 7) is 9.05. The Kier molecular flexibility index (Phi) is 8.40. The van der Waals surface area contributed by atoms with Crippen LogP contribution in [-0.4, -0.2) is 44.5 Å². The lowest BCUT2D eigenvalue weighted by Crippen LogP contribution is -2.32. The number of sulfone groups is 1. The molecule has 1 aliphatic rings. The minimum Gasteiger partial charge on any atom is -0.366 e. The van der Waals surface area contributed by atoms with Crippen molar-refractivity contribution in [2.75, 3.05) is 0 Å². The molecule has 3 heterocycles. The molecule has 0 saturated heterocycles. The molecule has 1 aliphatic heterocycles. The Hall–Kier alpha value is -2.98. The van der Waals surface area contributed by atoms with Crippen molar-refractivity contribution in [3.63, 3.8) is 0 Å². The van der Waals surface area contributed by atoms with E-state index in [1.165, 1.54) is 6.07 Å². The molecule has 2 aromatic heterocycles. The number of fused-ring (bicyclic) bond motifs is 3. The Balaban J connectivity index is 0.00000361. The molecule has 0 bridgehead atoms. The first-order valence-electron chi connectivity index (χ1n) is 11.6. The molecule has 0 fully saturated rings. The van der Waals surface area contributed by atoms with E-state index >= 15 is 4.39 Å². The number of halogens is 1. The number of ether oxygens (including phenoxy) is 1. The second-order valence-electron chi connectivity index (χ2n) is 9.26. The number of hydrogen-bond donors (Lipinski definition) is 0. The van der Waals surface area contributed by atoms with Gasteiger partial charge in [0.25, 0.3) is 0 Å². The van der Waals surface area contributed by atoms with E-state index in [1.807, 2.05) is 39.8 Å². The number of hydrogen-bond acceptors (Lipinski definition) is 7. The largest absolute Gasteiger partial charge is 0.366 e. The van der Waals surface area contributed by atoms with Crippen molar-refractivity contribution in [2.45, 2.75) is 77.6 Å². The van der Waals surface area contributed by atoms with Crippen LogP contribution in [0.1, 0.15) is 82.2 Å². The molecule has 0 amide bonds. The highest BCUT2D eigenvalue weighted by atomic mass is 32.2. The van der Waals surface area contributed by atoms with E-state index in [-0.39, 0.29) is 31.0 Å². The van der Waals surface area contributed by atoms with Crippen molar-refractivity contribution in [3.05, 3.63) is 71.1 Å². The van der Waals surface area contributed by atoms with Gasteiger partial charge in [0.2, 0.25) is 0 Å². The minimum absolute atomic E-state index is 0. The van der Waals surface area contributed by atoms with Crippen molar-refractivity contribution >= 4 is 15.9 Å². The van der Waals surface area contributed by atoms with E-state index in [0.717, 1.165) is 5.56 Å². The quantitative estimate of drug-likeness (QED) is 0.430. The minimum atomic E-state index is -3.84. The first-order chi connectivity index (χ1) is 16.6. The summed E-state index contributed by atoms with van der Waals surface area (Å²) in [5, 5.41) is 7.51. The van der Waals surface area contributed by atoms with Gasteiger partial charge in [0.05, 0.1) is 17.0 Å². The number of para-hydroxylation sites is 1. The van der Waals surface area contributed by atoms with E-state index < -0.39 is 32.8 Å². The highest BCUT2D eigenvalue weighted by Gasteiger charge is 2.36. The Morgan fingerprint density at radius 2 is 1.86 bits per heavy atom. The zero-order valence-corrected chi connectivity index (χ0v) is 21.3. The van der Waals surface area contributed by atoms with Crippen LogP contribution in [-0.2, 0) is 20.3 Å². The molecule has 3 aromatic rings. The summed E-state index contributed by atoms with van der Waals surface area (Å²) in [6.07, 6.45) is 6.63. The zero-order valence-electron chi connectivity index (χ0n) is 20.5. The molecule has 10 heteroatoms. The normalized spacial score (nSPS) is 17.8. The molecule has 0 saturated carbocycles. The first-order valence-corrected chi connectivity index (χ1v) is 13.3. The molecule has 1 aromatic carbocycles. The number of nitrogens with zero attached hydrogens (tertiary/aromatic N) is 5. The molecule has 8 nitrogen and oxygen atoms in total. The van der Waals surface area contributed by atoms with Gasteiger partial charge in [0.1, 0.15) is 23.5 Å². The molecule has 3 atom stereocenters. The molecular formula is C26H34FN5O3S. The molecule has 4 rings (SSSR count). The summed E-state index contributed by atoms with van der Waals surface area (Å²) in [5.74, 6) is 0.00670. The first kappa shape index (κ1) is 27.6.